The SMILES string of the molecule is O=C(NC(c1ccccc1)c1ccc2nc[nH]c2c1)C1CCc2cccc(O)c21. The zero-order chi connectivity index (χ0) is 19.8. The Morgan fingerprint density at radius 1 is 1.07 bits per heavy atom. The van der Waals surface area contributed by atoms with Crippen molar-refractivity contribution in [1.82, 2.24) is 15.3 Å². The van der Waals surface area contributed by atoms with Gasteiger partial charge in [0.15, 0.2) is 0 Å². The van der Waals surface area contributed by atoms with Crippen molar-refractivity contribution in [2.45, 2.75) is 24.8 Å². The van der Waals surface area contributed by atoms with Crippen molar-refractivity contribution in [3.05, 3.63) is 95.3 Å². The maximum Gasteiger partial charge on any atom is 0.228 e. The van der Waals surface area contributed by atoms with Gasteiger partial charge in [-0.1, -0.05) is 48.5 Å². The summed E-state index contributed by atoms with van der Waals surface area (Å²) >= 11 is 0. The van der Waals surface area contributed by atoms with E-state index >= 15 is 0 Å². The lowest BCUT2D eigenvalue weighted by molar-refractivity contribution is -0.123. The molecule has 2 atom stereocenters. The van der Waals surface area contributed by atoms with Crippen molar-refractivity contribution < 1.29 is 9.90 Å². The van der Waals surface area contributed by atoms with Gasteiger partial charge < -0.3 is 15.4 Å². The summed E-state index contributed by atoms with van der Waals surface area (Å²) in [7, 11) is 0. The molecule has 0 saturated carbocycles. The van der Waals surface area contributed by atoms with E-state index in [1.807, 2.05) is 60.7 Å². The number of phenols is 1. The first kappa shape index (κ1) is 17.5. The van der Waals surface area contributed by atoms with Crippen molar-refractivity contribution in [3.63, 3.8) is 0 Å². The van der Waals surface area contributed by atoms with Crippen LogP contribution in [-0.2, 0) is 11.2 Å². The van der Waals surface area contributed by atoms with Crippen LogP contribution in [0.15, 0.2) is 73.1 Å². The number of rotatable bonds is 4. The van der Waals surface area contributed by atoms with Crippen LogP contribution in [0.3, 0.4) is 0 Å². The Balaban J connectivity index is 1.50. The summed E-state index contributed by atoms with van der Waals surface area (Å²) in [6.45, 7) is 0. The molecule has 0 saturated heterocycles. The standard InChI is InChI=1S/C24H21N3O2/c28-21-8-4-7-15-9-11-18(22(15)21)24(29)27-23(16-5-2-1-3-6-16)17-10-12-19-20(13-17)26-14-25-19/h1-8,10,12-14,18,23,28H,9,11H2,(H,25,26)(H,27,29). The summed E-state index contributed by atoms with van der Waals surface area (Å²) in [5, 5.41) is 13.6. The summed E-state index contributed by atoms with van der Waals surface area (Å²) in [5.74, 6) is -0.201. The molecule has 144 valence electrons. The number of aromatic nitrogens is 2. The molecule has 2 unspecified atom stereocenters. The van der Waals surface area contributed by atoms with Crippen LogP contribution in [0.25, 0.3) is 11.0 Å². The minimum absolute atomic E-state index is 0.0659. The Labute approximate surface area is 168 Å². The van der Waals surface area contributed by atoms with Crippen LogP contribution < -0.4 is 5.32 Å². The molecule has 5 rings (SSSR count). The van der Waals surface area contributed by atoms with E-state index < -0.39 is 0 Å². The number of aromatic amines is 1. The summed E-state index contributed by atoms with van der Waals surface area (Å²) in [6.07, 6.45) is 3.18. The van der Waals surface area contributed by atoms with Crippen molar-refractivity contribution >= 4 is 16.9 Å². The highest BCUT2D eigenvalue weighted by Crippen LogP contribution is 2.39. The highest BCUT2D eigenvalue weighted by Gasteiger charge is 2.32. The van der Waals surface area contributed by atoms with Gasteiger partial charge in [-0.2, -0.15) is 0 Å². The smallest absolute Gasteiger partial charge is 0.228 e. The van der Waals surface area contributed by atoms with Crippen LogP contribution in [-0.4, -0.2) is 21.0 Å². The van der Waals surface area contributed by atoms with E-state index in [0.29, 0.717) is 6.42 Å². The average molecular weight is 383 g/mol. The monoisotopic (exact) mass is 383 g/mol. The number of nitrogens with one attached hydrogen (secondary N) is 2. The fourth-order valence-electron chi connectivity index (χ4n) is 4.31. The van der Waals surface area contributed by atoms with Gasteiger partial charge in [-0.3, -0.25) is 4.79 Å². The average Bonchev–Trinajstić information content (AvgIpc) is 3.39. The minimum Gasteiger partial charge on any atom is -0.508 e. The van der Waals surface area contributed by atoms with E-state index in [2.05, 4.69) is 15.3 Å². The molecule has 0 spiro atoms. The zero-order valence-corrected chi connectivity index (χ0v) is 15.8. The number of nitrogens with zero attached hydrogens (tertiary/aromatic N) is 1. The third-order valence-electron chi connectivity index (χ3n) is 5.74. The molecule has 0 fully saturated rings. The molecule has 1 amide bonds. The van der Waals surface area contributed by atoms with E-state index in [0.717, 1.165) is 39.7 Å². The van der Waals surface area contributed by atoms with E-state index in [1.165, 1.54) is 0 Å². The Morgan fingerprint density at radius 2 is 1.93 bits per heavy atom. The van der Waals surface area contributed by atoms with Crippen LogP contribution in [0.1, 0.15) is 40.6 Å². The minimum atomic E-state index is -0.340. The lowest BCUT2D eigenvalue weighted by atomic mass is 9.95. The van der Waals surface area contributed by atoms with E-state index in [9.17, 15) is 9.90 Å². The van der Waals surface area contributed by atoms with Gasteiger partial charge >= 0.3 is 0 Å². The molecule has 1 aliphatic carbocycles. The number of imidazole rings is 1. The predicted octanol–water partition coefficient (Wildman–Crippen LogP) is 4.20. The third kappa shape index (κ3) is 3.14. The van der Waals surface area contributed by atoms with Crippen LogP contribution in [0.2, 0.25) is 0 Å². The lowest BCUT2D eigenvalue weighted by Gasteiger charge is -2.22. The maximum absolute atomic E-state index is 13.3. The molecule has 4 aromatic rings. The Hall–Kier alpha value is -3.60. The normalized spacial score (nSPS) is 16.5. The molecule has 5 nitrogen and oxygen atoms in total. The number of H-pyrrole nitrogens is 1. The van der Waals surface area contributed by atoms with Gasteiger partial charge in [-0.15, -0.1) is 0 Å². The van der Waals surface area contributed by atoms with Gasteiger partial charge in [0, 0.05) is 5.56 Å². The molecule has 3 N–H and O–H groups in total. The lowest BCUT2D eigenvalue weighted by Crippen LogP contribution is -2.33. The van der Waals surface area contributed by atoms with Crippen LogP contribution in [0.5, 0.6) is 5.75 Å². The number of phenolic OH excluding ortho intramolecular Hbond substituents is 1. The van der Waals surface area contributed by atoms with Gasteiger partial charge in [-0.25, -0.2) is 4.98 Å². The number of carbonyl (C=O) groups excluding carboxylic acids is 1. The van der Waals surface area contributed by atoms with Gasteiger partial charge in [0.2, 0.25) is 5.91 Å². The van der Waals surface area contributed by atoms with Crippen molar-refractivity contribution in [2.24, 2.45) is 0 Å². The summed E-state index contributed by atoms with van der Waals surface area (Å²) in [4.78, 5) is 20.7. The van der Waals surface area contributed by atoms with Crippen LogP contribution in [0.4, 0.5) is 0 Å². The van der Waals surface area contributed by atoms with Crippen LogP contribution >= 0.6 is 0 Å². The van der Waals surface area contributed by atoms with Gasteiger partial charge in [0.05, 0.1) is 29.3 Å². The molecular formula is C24H21N3O2. The number of amides is 1. The predicted molar refractivity (Wildman–Crippen MR) is 112 cm³/mol. The van der Waals surface area contributed by atoms with Gasteiger partial charge in [0.25, 0.3) is 0 Å². The topological polar surface area (TPSA) is 78.0 Å². The van der Waals surface area contributed by atoms with Crippen LogP contribution in [0, 0.1) is 0 Å². The quantitative estimate of drug-likeness (QED) is 0.494. The number of benzene rings is 3. The first-order chi connectivity index (χ1) is 14.2. The van der Waals surface area contributed by atoms with E-state index in [4.69, 9.17) is 0 Å². The van der Waals surface area contributed by atoms with Gasteiger partial charge in [0.1, 0.15) is 5.75 Å². The third-order valence-corrected chi connectivity index (χ3v) is 5.74. The molecule has 1 heterocycles. The molecule has 0 radical (unpaired) electrons. The zero-order valence-electron chi connectivity index (χ0n) is 15.8. The maximum atomic E-state index is 13.3. The molecule has 1 aliphatic rings. The second kappa shape index (κ2) is 7.09. The van der Waals surface area contributed by atoms with Crippen molar-refractivity contribution in [1.29, 1.82) is 0 Å². The second-order valence-corrected chi connectivity index (χ2v) is 7.47. The fraction of sp³-hybridized carbons (Fsp3) is 0.167. The number of hydrogen-bond acceptors (Lipinski definition) is 3. The van der Waals surface area contributed by atoms with Crippen molar-refractivity contribution in [3.8, 4) is 5.75 Å². The Kier molecular flexibility index (Phi) is 4.28. The summed E-state index contributed by atoms with van der Waals surface area (Å²) in [5.41, 5.74) is 5.64. The Morgan fingerprint density at radius 3 is 2.79 bits per heavy atom. The highest BCUT2D eigenvalue weighted by molar-refractivity contribution is 5.87. The van der Waals surface area contributed by atoms with E-state index in [-0.39, 0.29) is 23.6 Å². The fourth-order valence-corrected chi connectivity index (χ4v) is 4.31. The largest absolute Gasteiger partial charge is 0.508 e. The van der Waals surface area contributed by atoms with Crippen molar-refractivity contribution in [2.75, 3.05) is 0 Å². The molecule has 29 heavy (non-hydrogen) atoms. The number of hydrogen-bond donors (Lipinski definition) is 3. The second-order valence-electron chi connectivity index (χ2n) is 7.47. The molecule has 3 aromatic carbocycles. The molecule has 5 heteroatoms. The molecular weight excluding hydrogens is 362 g/mol. The first-order valence-corrected chi connectivity index (χ1v) is 9.80. The number of aromatic hydroxyl groups is 1. The van der Waals surface area contributed by atoms with E-state index in [1.54, 1.807) is 12.4 Å². The first-order valence-electron chi connectivity index (χ1n) is 9.80. The number of aryl methyl sites for hydroxylation is 1. The van der Waals surface area contributed by atoms with Gasteiger partial charge in [-0.05, 0) is 47.7 Å². The summed E-state index contributed by atoms with van der Waals surface area (Å²) in [6, 6.07) is 21.1. The number of fused-ring (bicyclic) bond motifs is 2. The molecule has 1 aromatic heterocycles. The molecule has 0 aliphatic heterocycles. The highest BCUT2D eigenvalue weighted by atomic mass is 16.3. The molecule has 0 bridgehead atoms. The number of carbonyl (C=O) groups is 1. The summed E-state index contributed by atoms with van der Waals surface area (Å²) < 4.78 is 0. The Bertz CT molecular complexity index is 1180.